The van der Waals surface area contributed by atoms with Gasteiger partial charge in [-0.1, -0.05) is 9.24 Å². The number of nitrogens with one attached hydrogen (secondary N) is 1. The van der Waals surface area contributed by atoms with Crippen molar-refractivity contribution in [3.05, 3.63) is 54.3 Å². The molecule has 3 rings (SSSR count). The van der Waals surface area contributed by atoms with Crippen molar-refractivity contribution in [2.75, 3.05) is 5.32 Å². The van der Waals surface area contributed by atoms with Crippen LogP contribution in [0, 0.1) is 11.2 Å². The smallest absolute Gasteiger partial charge is 0.236 e. The van der Waals surface area contributed by atoms with Gasteiger partial charge in [0.2, 0.25) is 5.91 Å². The highest BCUT2D eigenvalue weighted by molar-refractivity contribution is 7.41. The number of aromatic hydroxyl groups is 1. The summed E-state index contributed by atoms with van der Waals surface area (Å²) in [6.45, 7) is 0. The van der Waals surface area contributed by atoms with Gasteiger partial charge in [-0.2, -0.15) is 0 Å². The lowest BCUT2D eigenvalue weighted by Gasteiger charge is -2.15. The van der Waals surface area contributed by atoms with Crippen molar-refractivity contribution >= 4 is 32.0 Å². The van der Waals surface area contributed by atoms with Crippen LogP contribution >= 0.6 is 9.24 Å². The molecule has 0 bridgehead atoms. The first-order chi connectivity index (χ1) is 11.0. The zero-order valence-electron chi connectivity index (χ0n) is 12.3. The van der Waals surface area contributed by atoms with Gasteiger partial charge in [-0.15, -0.1) is 0 Å². The Morgan fingerprint density at radius 2 is 1.74 bits per heavy atom. The molecule has 1 aliphatic rings. The monoisotopic (exact) mass is 330 g/mol. The number of phenols is 1. The second-order valence-electron chi connectivity index (χ2n) is 5.56. The van der Waals surface area contributed by atoms with E-state index >= 15 is 0 Å². The van der Waals surface area contributed by atoms with Crippen molar-refractivity contribution in [1.29, 1.82) is 0 Å². The summed E-state index contributed by atoms with van der Waals surface area (Å²) in [5.74, 6) is -0.298. The van der Waals surface area contributed by atoms with E-state index in [1.54, 1.807) is 24.3 Å². The van der Waals surface area contributed by atoms with E-state index in [-0.39, 0.29) is 17.5 Å². The zero-order valence-corrected chi connectivity index (χ0v) is 13.4. The minimum absolute atomic E-state index is 0.126. The first kappa shape index (κ1) is 15.6. The molecule has 4 nitrogen and oxygen atoms in total. The molecular weight excluding hydrogens is 314 g/mol. The Hall–Kier alpha value is -2.26. The van der Waals surface area contributed by atoms with Gasteiger partial charge in [-0.3, -0.25) is 9.79 Å². The fourth-order valence-corrected chi connectivity index (χ4v) is 2.85. The predicted molar refractivity (Wildman–Crippen MR) is 91.6 cm³/mol. The largest absolute Gasteiger partial charge is 0.508 e. The maximum absolute atomic E-state index is 12.9. The van der Waals surface area contributed by atoms with Crippen molar-refractivity contribution in [3.8, 4) is 5.75 Å². The summed E-state index contributed by atoms with van der Waals surface area (Å²) in [4.78, 5) is 17.0. The Morgan fingerprint density at radius 1 is 1.13 bits per heavy atom. The Morgan fingerprint density at radius 3 is 2.30 bits per heavy atom. The van der Waals surface area contributed by atoms with Crippen molar-refractivity contribution < 1.29 is 14.3 Å². The van der Waals surface area contributed by atoms with E-state index < -0.39 is 5.41 Å². The first-order valence-electron chi connectivity index (χ1n) is 7.20. The number of carbonyl (C=O) groups excluding carboxylic acids is 1. The molecule has 1 aliphatic carbocycles. The van der Waals surface area contributed by atoms with Crippen LogP contribution in [0.15, 0.2) is 53.5 Å². The summed E-state index contributed by atoms with van der Waals surface area (Å²) in [7, 11) is 2.52. The van der Waals surface area contributed by atoms with Crippen LogP contribution in [0.1, 0.15) is 12.8 Å². The minimum Gasteiger partial charge on any atom is -0.508 e. The molecule has 2 aromatic carbocycles. The summed E-state index contributed by atoms with van der Waals surface area (Å²) in [5, 5.41) is 12.1. The van der Waals surface area contributed by atoms with Crippen molar-refractivity contribution in [2.45, 2.75) is 12.8 Å². The maximum Gasteiger partial charge on any atom is 0.236 e. The third-order valence-electron chi connectivity index (χ3n) is 3.88. The van der Waals surface area contributed by atoms with Crippen LogP contribution in [0.5, 0.6) is 5.75 Å². The van der Waals surface area contributed by atoms with Gasteiger partial charge in [0.1, 0.15) is 11.6 Å². The van der Waals surface area contributed by atoms with Crippen molar-refractivity contribution in [1.82, 2.24) is 0 Å². The van der Waals surface area contributed by atoms with E-state index in [9.17, 15) is 14.3 Å². The van der Waals surface area contributed by atoms with Crippen LogP contribution in [-0.4, -0.2) is 16.5 Å². The van der Waals surface area contributed by atoms with Crippen LogP contribution in [0.2, 0.25) is 0 Å². The normalized spacial score (nSPS) is 16.0. The number of hydrogen-bond donors (Lipinski definition) is 2. The average molecular weight is 330 g/mol. The van der Waals surface area contributed by atoms with E-state index in [2.05, 4.69) is 19.5 Å². The molecule has 1 unspecified atom stereocenters. The minimum atomic E-state index is -0.628. The third-order valence-corrected chi connectivity index (χ3v) is 4.56. The van der Waals surface area contributed by atoms with Crippen molar-refractivity contribution in [2.24, 2.45) is 10.4 Å². The molecule has 0 saturated heterocycles. The molecule has 1 atom stereocenters. The van der Waals surface area contributed by atoms with Gasteiger partial charge in [0.15, 0.2) is 0 Å². The lowest BCUT2D eigenvalue weighted by atomic mass is 10.1. The second kappa shape index (κ2) is 6.09. The number of phenolic OH excluding ortho intramolecular Hbond substituents is 1. The molecule has 1 amide bonds. The fourth-order valence-electron chi connectivity index (χ4n) is 2.28. The zero-order chi connectivity index (χ0) is 16.4. The van der Waals surface area contributed by atoms with Crippen molar-refractivity contribution in [3.63, 3.8) is 0 Å². The van der Waals surface area contributed by atoms with Gasteiger partial charge in [-0.05, 0) is 61.4 Å². The molecule has 1 fully saturated rings. The van der Waals surface area contributed by atoms with Gasteiger partial charge in [0.25, 0.3) is 0 Å². The summed E-state index contributed by atoms with van der Waals surface area (Å²) in [6.07, 6.45) is 1.45. The number of aliphatic imine (C=N–C) groups is 1. The summed E-state index contributed by atoms with van der Waals surface area (Å²) < 4.78 is 12.9. The molecule has 0 aliphatic heterocycles. The molecule has 23 heavy (non-hydrogen) atoms. The number of carbonyl (C=O) groups is 1. The molecule has 2 N–H and O–H groups in total. The molecule has 0 aromatic heterocycles. The van der Waals surface area contributed by atoms with Gasteiger partial charge < -0.3 is 10.4 Å². The molecule has 0 heterocycles. The first-order valence-corrected chi connectivity index (χ1v) is 7.78. The molecular formula is C17H16FN2O2P. The molecule has 118 valence electrons. The Bertz CT molecular complexity index is 753. The van der Waals surface area contributed by atoms with Crippen LogP contribution in [0.3, 0.4) is 0 Å². The summed E-state index contributed by atoms with van der Waals surface area (Å²) >= 11 is 0. The number of amides is 1. The lowest BCUT2D eigenvalue weighted by molar-refractivity contribution is -0.118. The number of anilines is 1. The second-order valence-corrected chi connectivity index (χ2v) is 6.10. The van der Waals surface area contributed by atoms with Crippen LogP contribution in [-0.2, 0) is 4.79 Å². The molecule has 0 spiro atoms. The fraction of sp³-hybridized carbons (Fsp3) is 0.176. The SMILES string of the molecule is O=C(Nc1ccc(O)cc1)C1(C(P)=Nc2ccc(F)cc2)CC1. The van der Waals surface area contributed by atoms with E-state index in [1.807, 2.05) is 0 Å². The van der Waals surface area contributed by atoms with Crippen LogP contribution in [0.25, 0.3) is 0 Å². The third kappa shape index (κ3) is 3.40. The average Bonchev–Trinajstić information content (AvgIpc) is 3.34. The number of rotatable bonds is 4. The van der Waals surface area contributed by atoms with Crippen LogP contribution in [0.4, 0.5) is 15.8 Å². The highest BCUT2D eigenvalue weighted by atomic mass is 31.0. The summed E-state index contributed by atoms with van der Waals surface area (Å²) in [5.41, 5.74) is 1.25. The van der Waals surface area contributed by atoms with Gasteiger partial charge in [0, 0.05) is 5.69 Å². The Labute approximate surface area is 135 Å². The maximum atomic E-state index is 12.9. The van der Waals surface area contributed by atoms with E-state index in [0.717, 1.165) is 12.8 Å². The quantitative estimate of drug-likeness (QED) is 0.508. The molecule has 0 radical (unpaired) electrons. The highest BCUT2D eigenvalue weighted by Crippen LogP contribution is 2.50. The lowest BCUT2D eigenvalue weighted by Crippen LogP contribution is -2.28. The topological polar surface area (TPSA) is 61.7 Å². The highest BCUT2D eigenvalue weighted by Gasteiger charge is 2.52. The molecule has 2 aromatic rings. The Kier molecular flexibility index (Phi) is 4.14. The van der Waals surface area contributed by atoms with E-state index in [1.165, 1.54) is 24.3 Å². The number of benzene rings is 2. The predicted octanol–water partition coefficient (Wildman–Crippen LogP) is 3.86. The van der Waals surface area contributed by atoms with Gasteiger partial charge in [-0.25, -0.2) is 4.39 Å². The standard InChI is InChI=1S/C17H16FN2O2P/c18-11-1-3-13(4-2-11)20-16(23)17(9-10-17)15(22)19-12-5-7-14(21)8-6-12/h1-8,21H,9-10,23H2,(H,19,22). The summed E-state index contributed by atoms with van der Waals surface area (Å²) in [6, 6.07) is 12.2. The van der Waals surface area contributed by atoms with E-state index in [4.69, 9.17) is 0 Å². The molecule has 1 saturated carbocycles. The van der Waals surface area contributed by atoms with Gasteiger partial charge >= 0.3 is 0 Å². The molecule has 6 heteroatoms. The Balaban J connectivity index is 1.76. The number of hydrogen-bond acceptors (Lipinski definition) is 3. The van der Waals surface area contributed by atoms with E-state index in [0.29, 0.717) is 16.8 Å². The van der Waals surface area contributed by atoms with Crippen LogP contribution < -0.4 is 5.32 Å². The number of halogens is 1. The van der Waals surface area contributed by atoms with Gasteiger partial charge in [0.05, 0.1) is 16.6 Å². The number of nitrogens with zero attached hydrogens (tertiary/aromatic N) is 1.